The van der Waals surface area contributed by atoms with E-state index in [9.17, 15) is 5.11 Å². The third-order valence-electron chi connectivity index (χ3n) is 3.50. The average Bonchev–Trinajstić information content (AvgIpc) is 3.11. The van der Waals surface area contributed by atoms with E-state index in [2.05, 4.69) is 32.0 Å². The molecule has 1 fully saturated rings. The number of thioether (sulfide) groups is 1. The van der Waals surface area contributed by atoms with Crippen LogP contribution < -0.4 is 5.73 Å². The van der Waals surface area contributed by atoms with Gasteiger partial charge in [0.2, 0.25) is 0 Å². The summed E-state index contributed by atoms with van der Waals surface area (Å²) >= 11 is 1.73. The van der Waals surface area contributed by atoms with E-state index < -0.39 is 5.60 Å². The fourth-order valence-electron chi connectivity index (χ4n) is 2.13. The largest absolute Gasteiger partial charge is 0.387 e. The minimum atomic E-state index is -0.665. The predicted octanol–water partition coefficient (Wildman–Crippen LogP) is 2.50. The Morgan fingerprint density at radius 2 is 2.12 bits per heavy atom. The van der Waals surface area contributed by atoms with Crippen molar-refractivity contribution in [2.45, 2.75) is 37.2 Å². The van der Waals surface area contributed by atoms with Crippen LogP contribution in [0.1, 0.15) is 24.0 Å². The Bertz CT molecular complexity index is 403. The van der Waals surface area contributed by atoms with E-state index >= 15 is 0 Å². The summed E-state index contributed by atoms with van der Waals surface area (Å²) in [4.78, 5) is 1.25. The standard InChI is InChI=1S/C14H21NOS/c1-10-3-6-13(11(2)7-10)17-9-14(16,8-15)12-4-5-12/h3,6-7,12,16H,4-5,8-9,15H2,1-2H3. The molecule has 94 valence electrons. The van der Waals surface area contributed by atoms with Gasteiger partial charge >= 0.3 is 0 Å². The number of hydrogen-bond donors (Lipinski definition) is 2. The van der Waals surface area contributed by atoms with Crippen molar-refractivity contribution in [1.29, 1.82) is 0 Å². The zero-order valence-electron chi connectivity index (χ0n) is 10.6. The third kappa shape index (κ3) is 3.03. The summed E-state index contributed by atoms with van der Waals surface area (Å²) in [5.74, 6) is 1.13. The Morgan fingerprint density at radius 1 is 1.41 bits per heavy atom. The Labute approximate surface area is 108 Å². The van der Waals surface area contributed by atoms with Gasteiger partial charge < -0.3 is 10.8 Å². The maximum atomic E-state index is 10.4. The van der Waals surface area contributed by atoms with Crippen molar-refractivity contribution in [3.63, 3.8) is 0 Å². The summed E-state index contributed by atoms with van der Waals surface area (Å²) in [5.41, 5.74) is 7.61. The number of nitrogens with two attached hydrogens (primary N) is 1. The van der Waals surface area contributed by atoms with E-state index in [4.69, 9.17) is 5.73 Å². The first-order chi connectivity index (χ1) is 8.05. The highest BCUT2D eigenvalue weighted by atomic mass is 32.2. The highest BCUT2D eigenvalue weighted by Crippen LogP contribution is 2.42. The normalized spacial score (nSPS) is 19.1. The minimum Gasteiger partial charge on any atom is -0.387 e. The Morgan fingerprint density at radius 3 is 2.65 bits per heavy atom. The maximum Gasteiger partial charge on any atom is 0.0890 e. The molecule has 1 saturated carbocycles. The highest BCUT2D eigenvalue weighted by Gasteiger charge is 2.42. The van der Waals surface area contributed by atoms with Gasteiger partial charge in [0.1, 0.15) is 0 Å². The lowest BCUT2D eigenvalue weighted by molar-refractivity contribution is 0.0510. The number of hydrogen-bond acceptors (Lipinski definition) is 3. The smallest absolute Gasteiger partial charge is 0.0890 e. The summed E-state index contributed by atoms with van der Waals surface area (Å²) in [5, 5.41) is 10.4. The molecule has 1 aromatic rings. The summed E-state index contributed by atoms with van der Waals surface area (Å²) in [6.07, 6.45) is 2.25. The van der Waals surface area contributed by atoms with Crippen molar-refractivity contribution < 1.29 is 5.11 Å². The predicted molar refractivity (Wildman–Crippen MR) is 73.4 cm³/mol. The van der Waals surface area contributed by atoms with Crippen LogP contribution in [0.4, 0.5) is 0 Å². The molecule has 0 radical (unpaired) electrons. The van der Waals surface area contributed by atoms with Crippen molar-refractivity contribution in [2.24, 2.45) is 11.7 Å². The summed E-state index contributed by atoms with van der Waals surface area (Å²) in [7, 11) is 0. The minimum absolute atomic E-state index is 0.371. The van der Waals surface area contributed by atoms with Gasteiger partial charge in [0, 0.05) is 17.2 Å². The fourth-order valence-corrected chi connectivity index (χ4v) is 3.34. The van der Waals surface area contributed by atoms with E-state index in [1.165, 1.54) is 16.0 Å². The van der Waals surface area contributed by atoms with Crippen molar-refractivity contribution in [2.75, 3.05) is 12.3 Å². The lowest BCUT2D eigenvalue weighted by atomic mass is 10.0. The maximum absolute atomic E-state index is 10.4. The molecule has 1 unspecified atom stereocenters. The van der Waals surface area contributed by atoms with Crippen LogP contribution >= 0.6 is 11.8 Å². The van der Waals surface area contributed by atoms with E-state index in [1.54, 1.807) is 11.8 Å². The fraction of sp³-hybridized carbons (Fsp3) is 0.571. The SMILES string of the molecule is Cc1ccc(SCC(O)(CN)C2CC2)c(C)c1. The molecule has 1 aliphatic carbocycles. The molecule has 2 rings (SSSR count). The first kappa shape index (κ1) is 12.9. The number of aliphatic hydroxyl groups is 1. The monoisotopic (exact) mass is 251 g/mol. The van der Waals surface area contributed by atoms with Gasteiger partial charge in [-0.3, -0.25) is 0 Å². The van der Waals surface area contributed by atoms with Crippen LogP contribution in [0, 0.1) is 19.8 Å². The third-order valence-corrected chi connectivity index (χ3v) is 4.91. The Kier molecular flexibility index (Phi) is 3.81. The van der Waals surface area contributed by atoms with Crippen LogP contribution in [0.15, 0.2) is 23.1 Å². The highest BCUT2D eigenvalue weighted by molar-refractivity contribution is 7.99. The molecule has 3 N–H and O–H groups in total. The summed E-state index contributed by atoms with van der Waals surface area (Å²) in [6, 6.07) is 6.44. The second kappa shape index (κ2) is 5.01. The molecule has 3 heteroatoms. The number of aryl methyl sites for hydroxylation is 2. The van der Waals surface area contributed by atoms with Crippen LogP contribution in [-0.2, 0) is 0 Å². The lowest BCUT2D eigenvalue weighted by Gasteiger charge is -2.26. The van der Waals surface area contributed by atoms with Crippen LogP contribution in [0.25, 0.3) is 0 Å². The second-order valence-electron chi connectivity index (χ2n) is 5.14. The zero-order chi connectivity index (χ0) is 12.5. The van der Waals surface area contributed by atoms with Gasteiger partial charge in [-0.25, -0.2) is 0 Å². The van der Waals surface area contributed by atoms with E-state index in [1.807, 2.05) is 0 Å². The van der Waals surface area contributed by atoms with E-state index in [0.717, 1.165) is 12.8 Å². The molecular weight excluding hydrogens is 230 g/mol. The van der Waals surface area contributed by atoms with Crippen LogP contribution in [0.2, 0.25) is 0 Å². The van der Waals surface area contributed by atoms with Crippen LogP contribution in [0.3, 0.4) is 0 Å². The first-order valence-corrected chi connectivity index (χ1v) is 7.16. The van der Waals surface area contributed by atoms with Gasteiger partial charge in [-0.05, 0) is 44.2 Å². The van der Waals surface area contributed by atoms with Crippen molar-refractivity contribution >= 4 is 11.8 Å². The van der Waals surface area contributed by atoms with Gasteiger partial charge in [0.15, 0.2) is 0 Å². The molecule has 0 aromatic heterocycles. The molecule has 1 aromatic carbocycles. The molecule has 1 aliphatic rings. The molecule has 0 bridgehead atoms. The number of benzene rings is 1. The van der Waals surface area contributed by atoms with E-state index in [-0.39, 0.29) is 0 Å². The van der Waals surface area contributed by atoms with Gasteiger partial charge in [0.25, 0.3) is 0 Å². The molecule has 0 heterocycles. The quantitative estimate of drug-likeness (QED) is 0.790. The van der Waals surface area contributed by atoms with Gasteiger partial charge in [-0.2, -0.15) is 0 Å². The zero-order valence-corrected chi connectivity index (χ0v) is 11.4. The van der Waals surface area contributed by atoms with Gasteiger partial charge in [0.05, 0.1) is 5.60 Å². The first-order valence-electron chi connectivity index (χ1n) is 6.17. The molecule has 0 amide bonds. The Hall–Kier alpha value is -0.510. The summed E-state index contributed by atoms with van der Waals surface area (Å²) < 4.78 is 0. The van der Waals surface area contributed by atoms with Crippen LogP contribution in [0.5, 0.6) is 0 Å². The molecule has 1 atom stereocenters. The average molecular weight is 251 g/mol. The summed E-state index contributed by atoms with van der Waals surface area (Å²) in [6.45, 7) is 4.59. The molecular formula is C14H21NOS. The molecule has 0 aliphatic heterocycles. The molecule has 0 saturated heterocycles. The van der Waals surface area contributed by atoms with Crippen LogP contribution in [-0.4, -0.2) is 23.0 Å². The van der Waals surface area contributed by atoms with Crippen molar-refractivity contribution in [1.82, 2.24) is 0 Å². The topological polar surface area (TPSA) is 46.2 Å². The molecule has 17 heavy (non-hydrogen) atoms. The second-order valence-corrected chi connectivity index (χ2v) is 6.16. The van der Waals surface area contributed by atoms with Gasteiger partial charge in [-0.1, -0.05) is 17.7 Å². The van der Waals surface area contributed by atoms with Crippen molar-refractivity contribution in [3.8, 4) is 0 Å². The molecule has 0 spiro atoms. The van der Waals surface area contributed by atoms with E-state index in [0.29, 0.717) is 18.2 Å². The lowest BCUT2D eigenvalue weighted by Crippen LogP contribution is -2.42. The number of rotatable bonds is 5. The Balaban J connectivity index is 2.01. The van der Waals surface area contributed by atoms with Gasteiger partial charge in [-0.15, -0.1) is 11.8 Å². The van der Waals surface area contributed by atoms with Crippen molar-refractivity contribution in [3.05, 3.63) is 29.3 Å². The molecule has 2 nitrogen and oxygen atoms in total.